The summed E-state index contributed by atoms with van der Waals surface area (Å²) in [6.07, 6.45) is 3.58. The van der Waals surface area contributed by atoms with Gasteiger partial charge in [-0.2, -0.15) is 0 Å². The average Bonchev–Trinajstić information content (AvgIpc) is 2.63. The number of pyridine rings is 1. The van der Waals surface area contributed by atoms with E-state index in [1.54, 1.807) is 31.1 Å². The molecule has 0 fully saturated rings. The van der Waals surface area contributed by atoms with Gasteiger partial charge in [0.2, 0.25) is 0 Å². The molecule has 0 spiro atoms. The predicted octanol–water partition coefficient (Wildman–Crippen LogP) is 5.48. The largest absolute Gasteiger partial charge is 0.306 e. The Morgan fingerprint density at radius 3 is 2.72 bits per heavy atom. The van der Waals surface area contributed by atoms with Gasteiger partial charge in [0.15, 0.2) is 0 Å². The number of aromatic nitrogens is 1. The van der Waals surface area contributed by atoms with Gasteiger partial charge in [-0.25, -0.2) is 9.38 Å². The summed E-state index contributed by atoms with van der Waals surface area (Å²) in [6.45, 7) is 1.77. The molecule has 0 atom stereocenters. The molecule has 3 nitrogen and oxygen atoms in total. The molecule has 5 heteroatoms. The van der Waals surface area contributed by atoms with Gasteiger partial charge in [-0.15, -0.1) is 0 Å². The summed E-state index contributed by atoms with van der Waals surface area (Å²) in [5.41, 5.74) is 5.44. The summed E-state index contributed by atoms with van der Waals surface area (Å²) in [7, 11) is 1.97. The highest BCUT2D eigenvalue weighted by Crippen LogP contribution is 2.39. The maximum Gasteiger partial charge on any atom is 0.126 e. The third-order valence-electron chi connectivity index (χ3n) is 4.11. The van der Waals surface area contributed by atoms with Crippen LogP contribution in [0.3, 0.4) is 0 Å². The van der Waals surface area contributed by atoms with Gasteiger partial charge in [0.25, 0.3) is 0 Å². The summed E-state index contributed by atoms with van der Waals surface area (Å²) in [6, 6.07) is 15.3. The molecule has 0 bridgehead atoms. The van der Waals surface area contributed by atoms with Crippen LogP contribution in [0.25, 0.3) is 22.4 Å². The summed E-state index contributed by atoms with van der Waals surface area (Å²) in [4.78, 5) is 10.1. The zero-order chi connectivity index (χ0) is 17.4. The number of hydrogen-bond acceptors (Lipinski definition) is 4. The highest BCUT2D eigenvalue weighted by atomic mass is 32.2. The lowest BCUT2D eigenvalue weighted by Crippen LogP contribution is -2.08. The standard InChI is InChI=1S/C20H16FN3S/c1-13-10-15(5-7-17(13)21)20-16(4-3-9-22-20)14-6-8-18-19(11-14)25-24(2)12-23-18/h3-12H,1-2H3. The fourth-order valence-corrected chi connectivity index (χ4v) is 3.64. The van der Waals surface area contributed by atoms with Crippen LogP contribution in [0.1, 0.15) is 5.56 Å². The van der Waals surface area contributed by atoms with E-state index in [1.165, 1.54) is 6.07 Å². The van der Waals surface area contributed by atoms with Crippen molar-refractivity contribution in [3.05, 3.63) is 66.1 Å². The van der Waals surface area contributed by atoms with E-state index < -0.39 is 0 Å². The first-order chi connectivity index (χ1) is 12.1. The summed E-state index contributed by atoms with van der Waals surface area (Å²) < 4.78 is 15.6. The Kier molecular flexibility index (Phi) is 4.01. The van der Waals surface area contributed by atoms with Gasteiger partial charge in [0.1, 0.15) is 12.2 Å². The van der Waals surface area contributed by atoms with E-state index in [-0.39, 0.29) is 5.82 Å². The van der Waals surface area contributed by atoms with Crippen LogP contribution in [0.2, 0.25) is 0 Å². The molecule has 124 valence electrons. The number of fused-ring (bicyclic) bond motifs is 1. The van der Waals surface area contributed by atoms with Crippen LogP contribution >= 0.6 is 11.9 Å². The Morgan fingerprint density at radius 1 is 1.04 bits per heavy atom. The fraction of sp³-hybridized carbons (Fsp3) is 0.100. The zero-order valence-corrected chi connectivity index (χ0v) is 14.7. The third kappa shape index (κ3) is 3.03. The van der Waals surface area contributed by atoms with Crippen molar-refractivity contribution in [3.63, 3.8) is 0 Å². The molecule has 0 N–H and O–H groups in total. The molecule has 2 aromatic carbocycles. The maximum atomic E-state index is 13.6. The second-order valence-electron chi connectivity index (χ2n) is 5.93. The number of rotatable bonds is 2. The van der Waals surface area contributed by atoms with Gasteiger partial charge >= 0.3 is 0 Å². The average molecular weight is 349 g/mol. The summed E-state index contributed by atoms with van der Waals surface area (Å²) in [5.74, 6) is -0.202. The number of nitrogens with zero attached hydrogens (tertiary/aromatic N) is 3. The van der Waals surface area contributed by atoms with Gasteiger partial charge in [-0.05, 0) is 66.4 Å². The van der Waals surface area contributed by atoms with E-state index in [0.717, 1.165) is 33.0 Å². The van der Waals surface area contributed by atoms with Crippen molar-refractivity contribution in [3.8, 4) is 22.4 Å². The molecule has 0 unspecified atom stereocenters. The van der Waals surface area contributed by atoms with Crippen LogP contribution in [-0.4, -0.2) is 22.7 Å². The molecule has 2 heterocycles. The lowest BCUT2D eigenvalue weighted by atomic mass is 9.98. The van der Waals surface area contributed by atoms with Gasteiger partial charge in [-0.1, -0.05) is 12.1 Å². The van der Waals surface area contributed by atoms with Crippen molar-refractivity contribution >= 4 is 24.0 Å². The van der Waals surface area contributed by atoms with Crippen molar-refractivity contribution in [2.24, 2.45) is 4.99 Å². The number of hydrogen-bond donors (Lipinski definition) is 0. The minimum atomic E-state index is -0.202. The molecule has 25 heavy (non-hydrogen) atoms. The van der Waals surface area contributed by atoms with Gasteiger partial charge in [0.05, 0.1) is 16.3 Å². The number of aliphatic imine (C=N–C) groups is 1. The van der Waals surface area contributed by atoms with Crippen molar-refractivity contribution in [2.45, 2.75) is 11.8 Å². The minimum Gasteiger partial charge on any atom is -0.306 e. The Balaban J connectivity index is 1.83. The second kappa shape index (κ2) is 6.33. The summed E-state index contributed by atoms with van der Waals surface area (Å²) in [5, 5.41) is 0. The molecule has 0 saturated carbocycles. The number of benzene rings is 2. The summed E-state index contributed by atoms with van der Waals surface area (Å²) >= 11 is 1.64. The van der Waals surface area contributed by atoms with Crippen molar-refractivity contribution in [2.75, 3.05) is 7.05 Å². The molecule has 0 saturated heterocycles. The smallest absolute Gasteiger partial charge is 0.126 e. The molecule has 0 aliphatic carbocycles. The van der Waals surface area contributed by atoms with Crippen LogP contribution in [0.15, 0.2) is 64.6 Å². The molecule has 1 aliphatic rings. The molecule has 0 amide bonds. The Bertz CT molecular complexity index is 984. The van der Waals surface area contributed by atoms with Crippen LogP contribution in [-0.2, 0) is 0 Å². The first kappa shape index (κ1) is 15.8. The Hall–Kier alpha value is -2.66. The van der Waals surface area contributed by atoms with Crippen molar-refractivity contribution in [1.82, 2.24) is 9.29 Å². The molecular weight excluding hydrogens is 333 g/mol. The minimum absolute atomic E-state index is 0.202. The molecule has 4 rings (SSSR count). The van der Waals surface area contributed by atoms with Crippen LogP contribution in [0, 0.1) is 12.7 Å². The van der Waals surface area contributed by atoms with Gasteiger partial charge < -0.3 is 4.31 Å². The normalized spacial score (nSPS) is 13.0. The molecular formula is C20H16FN3S. The van der Waals surface area contributed by atoms with E-state index >= 15 is 0 Å². The Morgan fingerprint density at radius 2 is 1.88 bits per heavy atom. The van der Waals surface area contributed by atoms with Gasteiger partial charge in [-0.3, -0.25) is 4.98 Å². The second-order valence-corrected chi connectivity index (χ2v) is 7.13. The van der Waals surface area contributed by atoms with E-state index in [9.17, 15) is 4.39 Å². The van der Waals surface area contributed by atoms with Crippen LogP contribution in [0.5, 0.6) is 0 Å². The van der Waals surface area contributed by atoms with Crippen LogP contribution in [0.4, 0.5) is 10.1 Å². The Labute approximate surface area is 150 Å². The van der Waals surface area contributed by atoms with Crippen LogP contribution < -0.4 is 0 Å². The number of halogens is 1. The highest BCUT2D eigenvalue weighted by molar-refractivity contribution is 7.97. The monoisotopic (exact) mass is 349 g/mol. The third-order valence-corrected chi connectivity index (χ3v) is 5.02. The quantitative estimate of drug-likeness (QED) is 0.574. The zero-order valence-electron chi connectivity index (χ0n) is 13.9. The van der Waals surface area contributed by atoms with E-state index in [2.05, 4.69) is 22.1 Å². The lowest BCUT2D eigenvalue weighted by Gasteiger charge is -2.19. The van der Waals surface area contributed by atoms with Crippen molar-refractivity contribution in [1.29, 1.82) is 0 Å². The number of aryl methyl sites for hydroxylation is 1. The molecule has 0 radical (unpaired) electrons. The van der Waals surface area contributed by atoms with Crippen molar-refractivity contribution < 1.29 is 4.39 Å². The first-order valence-corrected chi connectivity index (χ1v) is 8.70. The SMILES string of the molecule is Cc1cc(-c2ncccc2-c2ccc3c(c2)SN(C)C=N3)ccc1F. The fourth-order valence-electron chi connectivity index (χ4n) is 2.84. The first-order valence-electron chi connectivity index (χ1n) is 7.93. The maximum absolute atomic E-state index is 13.6. The van der Waals surface area contributed by atoms with E-state index in [1.807, 2.05) is 42.0 Å². The highest BCUT2D eigenvalue weighted by Gasteiger charge is 2.14. The topological polar surface area (TPSA) is 28.5 Å². The van der Waals surface area contributed by atoms with Gasteiger partial charge in [0, 0.05) is 24.4 Å². The molecule has 1 aromatic heterocycles. The molecule has 1 aliphatic heterocycles. The lowest BCUT2D eigenvalue weighted by molar-refractivity contribution is 0.619. The van der Waals surface area contributed by atoms with E-state index in [4.69, 9.17) is 0 Å². The predicted molar refractivity (Wildman–Crippen MR) is 102 cm³/mol. The van der Waals surface area contributed by atoms with E-state index in [0.29, 0.717) is 5.56 Å². The molecule has 3 aromatic rings.